The number of fused-ring (bicyclic) bond motifs is 1. The molecule has 18 nitrogen and oxygen atoms in total. The van der Waals surface area contributed by atoms with Gasteiger partial charge in [0, 0.05) is 12.5 Å². The van der Waals surface area contributed by atoms with Gasteiger partial charge in [-0.3, -0.25) is 4.79 Å². The molecule has 3 fully saturated rings. The first-order valence-electron chi connectivity index (χ1n) is 21.9. The third-order valence-electron chi connectivity index (χ3n) is 10.6. The van der Waals surface area contributed by atoms with Gasteiger partial charge in [-0.25, -0.2) is 14.4 Å². The van der Waals surface area contributed by atoms with Crippen molar-refractivity contribution in [1.29, 1.82) is 0 Å². The first-order chi connectivity index (χ1) is 33.4. The molecular formula is C46H52Cl6N2O16. The summed E-state index contributed by atoms with van der Waals surface area (Å²) in [6.07, 6.45) is -15.3. The highest BCUT2D eigenvalue weighted by Gasteiger charge is 2.57. The van der Waals surface area contributed by atoms with Crippen LogP contribution in [0.25, 0.3) is 0 Å². The van der Waals surface area contributed by atoms with Crippen molar-refractivity contribution in [2.45, 2.75) is 115 Å². The van der Waals surface area contributed by atoms with Crippen LogP contribution in [0.3, 0.4) is 0 Å². The Balaban J connectivity index is 1.44. The van der Waals surface area contributed by atoms with E-state index in [9.17, 15) is 19.2 Å². The number of alkyl halides is 6. The van der Waals surface area contributed by atoms with Gasteiger partial charge in [-0.05, 0) is 25.0 Å². The lowest BCUT2D eigenvalue weighted by Crippen LogP contribution is -2.71. The SMILES string of the molecule is CCOC(=O)C(C)O[C@H]1[C@H](NC(=O)OCC(Cl)(Cl)Cl)[C@H](OCc2ccccc2)O[C@@H](COCc2ccccc2)[C@@H]1O[C@@H]1O[C@@H]2COC(c3ccccc3)O[C@H]2[C@H](OC(C)=O)[C@H]1NC(=O)OCC(Cl)(Cl)Cl. The number of carbonyl (C=O) groups is 4. The van der Waals surface area contributed by atoms with Crippen LogP contribution in [0.1, 0.15) is 43.8 Å². The molecule has 0 aliphatic carbocycles. The summed E-state index contributed by atoms with van der Waals surface area (Å²) < 4.78 is 69.6. The van der Waals surface area contributed by atoms with Crippen LogP contribution in [0.4, 0.5) is 9.59 Å². The van der Waals surface area contributed by atoms with Gasteiger partial charge in [0.25, 0.3) is 0 Å². The fourth-order valence-electron chi connectivity index (χ4n) is 7.59. The summed E-state index contributed by atoms with van der Waals surface area (Å²) in [4.78, 5) is 53.7. The predicted molar refractivity (Wildman–Crippen MR) is 253 cm³/mol. The van der Waals surface area contributed by atoms with E-state index in [0.717, 1.165) is 18.1 Å². The molecule has 2 unspecified atom stereocenters. The summed E-state index contributed by atoms with van der Waals surface area (Å²) >= 11 is 35.6. The lowest BCUT2D eigenvalue weighted by Gasteiger charge is -2.51. The summed E-state index contributed by atoms with van der Waals surface area (Å²) in [6.45, 7) is 2.48. The van der Waals surface area contributed by atoms with Crippen molar-refractivity contribution in [3.05, 3.63) is 108 Å². The van der Waals surface area contributed by atoms with Crippen molar-refractivity contribution >= 4 is 93.7 Å². The molecule has 3 aliphatic heterocycles. The van der Waals surface area contributed by atoms with E-state index < -0.39 is 119 Å². The molecule has 24 heteroatoms. The number of alkyl carbamates (subject to hydrolysis) is 2. The summed E-state index contributed by atoms with van der Waals surface area (Å²) in [7, 11) is 0. The zero-order chi connectivity index (χ0) is 50.4. The molecule has 0 radical (unpaired) electrons. The summed E-state index contributed by atoms with van der Waals surface area (Å²) in [5, 5.41) is 5.33. The molecule has 3 aromatic rings. The first-order valence-corrected chi connectivity index (χ1v) is 24.2. The van der Waals surface area contributed by atoms with Gasteiger partial charge in [-0.15, -0.1) is 0 Å². The van der Waals surface area contributed by atoms with E-state index >= 15 is 0 Å². The van der Waals surface area contributed by atoms with Crippen molar-refractivity contribution in [3.63, 3.8) is 0 Å². The van der Waals surface area contributed by atoms with E-state index in [4.69, 9.17) is 126 Å². The minimum atomic E-state index is -2.02. The lowest BCUT2D eigenvalue weighted by molar-refractivity contribution is -0.369. The van der Waals surface area contributed by atoms with Crippen LogP contribution < -0.4 is 10.6 Å². The van der Waals surface area contributed by atoms with Gasteiger partial charge in [0.2, 0.25) is 7.59 Å². The van der Waals surface area contributed by atoms with Gasteiger partial charge in [0.15, 0.2) is 31.1 Å². The molecule has 6 rings (SSSR count). The molecule has 0 spiro atoms. The second-order valence-corrected chi connectivity index (χ2v) is 21.0. The second-order valence-electron chi connectivity index (χ2n) is 16.0. The van der Waals surface area contributed by atoms with Crippen molar-refractivity contribution in [3.8, 4) is 0 Å². The van der Waals surface area contributed by atoms with Crippen LogP contribution in [0.15, 0.2) is 91.0 Å². The van der Waals surface area contributed by atoms with Crippen LogP contribution in [0.5, 0.6) is 0 Å². The summed E-state index contributed by atoms with van der Waals surface area (Å²) in [5.74, 6) is -1.55. The molecule has 3 heterocycles. The van der Waals surface area contributed by atoms with Crippen LogP contribution in [-0.4, -0.2) is 132 Å². The molecule has 0 bridgehead atoms. The quantitative estimate of drug-likeness (QED) is 0.0675. The largest absolute Gasteiger partial charge is 0.464 e. The number of amides is 2. The zero-order valence-electron chi connectivity index (χ0n) is 37.8. The van der Waals surface area contributed by atoms with Crippen molar-refractivity contribution < 1.29 is 76.0 Å². The third-order valence-corrected chi connectivity index (χ3v) is 11.2. The number of carbonyl (C=O) groups excluding carboxylic acids is 4. The van der Waals surface area contributed by atoms with Gasteiger partial charge >= 0.3 is 24.1 Å². The number of halogens is 6. The van der Waals surface area contributed by atoms with Gasteiger partial charge in [-0.1, -0.05) is 161 Å². The normalized spacial score (nSPS) is 27.2. The maximum atomic E-state index is 13.7. The van der Waals surface area contributed by atoms with Crippen LogP contribution in [0.2, 0.25) is 0 Å². The minimum Gasteiger partial charge on any atom is -0.464 e. The number of benzene rings is 3. The molecule has 384 valence electrons. The molecule has 3 aliphatic rings. The van der Waals surface area contributed by atoms with Crippen LogP contribution in [-0.2, 0) is 79.6 Å². The standard InChI is InChI=1S/C46H52Cl6N2O16/c1-4-60-39(56)26(2)65-37-33(53-43(57)63-24-45(47,48)49)41(61-21-29-16-10-6-11-17-29)67-31(22-59-20-28-14-8-5-9-15-28)35(37)70-42-34(54-44(58)64-25-46(50,51)52)38(66-27(3)55)36-32(68-42)23-62-40(69-36)30-18-12-7-13-19-30/h5-19,26,31-38,40-42H,4,20-25H2,1-3H3,(H,53,57)(H,54,58)/t26?,31-,32+,33-,34+,35-,36+,37-,38+,40?,41+,42-/m0/s1. The number of rotatable bonds is 19. The number of nitrogens with one attached hydrogen (secondary N) is 2. The monoisotopic (exact) mass is 1100 g/mol. The Morgan fingerprint density at radius 3 is 1.81 bits per heavy atom. The van der Waals surface area contributed by atoms with Crippen molar-refractivity contribution in [2.75, 3.05) is 33.0 Å². The van der Waals surface area contributed by atoms with Crippen molar-refractivity contribution in [2.24, 2.45) is 0 Å². The molecule has 0 saturated carbocycles. The maximum absolute atomic E-state index is 13.7. The molecule has 2 N–H and O–H groups in total. The summed E-state index contributed by atoms with van der Waals surface area (Å²) in [5.41, 5.74) is 2.16. The average Bonchev–Trinajstić information content (AvgIpc) is 3.32. The minimum absolute atomic E-state index is 0.00294. The molecule has 0 aromatic heterocycles. The fourth-order valence-corrected chi connectivity index (χ4v) is 7.92. The predicted octanol–water partition coefficient (Wildman–Crippen LogP) is 7.57. The lowest BCUT2D eigenvalue weighted by atomic mass is 9.93. The van der Waals surface area contributed by atoms with Crippen LogP contribution >= 0.6 is 69.6 Å². The van der Waals surface area contributed by atoms with Crippen molar-refractivity contribution in [1.82, 2.24) is 10.6 Å². The molecule has 3 aromatic carbocycles. The maximum Gasteiger partial charge on any atom is 0.407 e. The number of hydrogen-bond acceptors (Lipinski definition) is 16. The summed E-state index contributed by atoms with van der Waals surface area (Å²) in [6, 6.07) is 24.3. The Kier molecular flexibility index (Phi) is 21.1. The number of esters is 2. The molecule has 2 amide bonds. The Labute approximate surface area is 434 Å². The Bertz CT molecular complexity index is 2130. The third kappa shape index (κ3) is 17.1. The van der Waals surface area contributed by atoms with Gasteiger partial charge < -0.3 is 67.5 Å². The first kappa shape index (κ1) is 55.9. The van der Waals surface area contributed by atoms with E-state index in [1.54, 1.807) is 43.3 Å². The van der Waals surface area contributed by atoms with E-state index in [1.807, 2.05) is 54.6 Å². The second kappa shape index (κ2) is 26.5. The molecule has 3 saturated heterocycles. The number of hydrogen-bond donors (Lipinski definition) is 2. The zero-order valence-corrected chi connectivity index (χ0v) is 42.4. The highest BCUT2D eigenvalue weighted by atomic mass is 35.6. The highest BCUT2D eigenvalue weighted by Crippen LogP contribution is 2.39. The van der Waals surface area contributed by atoms with Gasteiger partial charge in [0.05, 0.1) is 33.0 Å². The number of ether oxygens (including phenoxy) is 12. The smallest absolute Gasteiger partial charge is 0.407 e. The van der Waals surface area contributed by atoms with E-state index in [-0.39, 0.29) is 33.0 Å². The Morgan fingerprint density at radius 2 is 1.26 bits per heavy atom. The molecule has 12 atom stereocenters. The average molecular weight is 1100 g/mol. The van der Waals surface area contributed by atoms with E-state index in [0.29, 0.717) is 5.56 Å². The molecular weight excluding hydrogens is 1050 g/mol. The Morgan fingerprint density at radius 1 is 0.700 bits per heavy atom. The highest BCUT2D eigenvalue weighted by molar-refractivity contribution is 6.68. The fraction of sp³-hybridized carbons (Fsp3) is 0.522. The van der Waals surface area contributed by atoms with Gasteiger partial charge in [0.1, 0.15) is 55.8 Å². The Hall–Kier alpha value is -3.44. The van der Waals surface area contributed by atoms with E-state index in [1.165, 1.54) is 6.92 Å². The van der Waals surface area contributed by atoms with Crippen LogP contribution in [0, 0.1) is 0 Å². The van der Waals surface area contributed by atoms with E-state index in [2.05, 4.69) is 10.6 Å². The topological polar surface area (TPSA) is 203 Å². The van der Waals surface area contributed by atoms with Gasteiger partial charge in [-0.2, -0.15) is 0 Å². The molecule has 70 heavy (non-hydrogen) atoms.